The number of para-hydroxylation sites is 1. The van der Waals surface area contributed by atoms with Crippen LogP contribution in [0, 0.1) is 5.92 Å². The lowest BCUT2D eigenvalue weighted by molar-refractivity contribution is 0.781. The van der Waals surface area contributed by atoms with Crippen molar-refractivity contribution in [2.24, 2.45) is 5.92 Å². The van der Waals surface area contributed by atoms with E-state index in [1.54, 1.807) is 0 Å². The van der Waals surface area contributed by atoms with Crippen molar-refractivity contribution >= 4 is 49.3 Å². The quantitative estimate of drug-likeness (QED) is 0.170. The van der Waals surface area contributed by atoms with Crippen molar-refractivity contribution in [3.05, 3.63) is 222 Å². The Balaban J connectivity index is 1.20. The Hall–Kier alpha value is -6.44. The Morgan fingerprint density at radius 1 is 0.462 bits per heavy atom. The number of nitrogens with zero attached hydrogens (tertiary/aromatic N) is 1. The van der Waals surface area contributed by atoms with Crippen molar-refractivity contribution < 1.29 is 0 Å². The molecule has 0 radical (unpaired) electrons. The second kappa shape index (κ2) is 11.0. The van der Waals surface area contributed by atoms with Crippen LogP contribution in [0.15, 0.2) is 199 Å². The molecule has 0 fully saturated rings. The normalized spacial score (nSPS) is 16.5. The molecule has 0 bridgehead atoms. The van der Waals surface area contributed by atoms with Gasteiger partial charge in [-0.15, -0.1) is 0 Å². The van der Waals surface area contributed by atoms with Crippen LogP contribution in [0.4, 0.5) is 11.4 Å². The Morgan fingerprint density at radius 3 is 1.58 bits per heavy atom. The van der Waals surface area contributed by atoms with Gasteiger partial charge < -0.3 is 4.90 Å². The van der Waals surface area contributed by atoms with Crippen molar-refractivity contribution in [1.29, 1.82) is 0 Å². The largest absolute Gasteiger partial charge is 0.313 e. The van der Waals surface area contributed by atoms with E-state index in [9.17, 15) is 0 Å². The lowest BCUT2D eigenvalue weighted by atomic mass is 9.69. The molecule has 0 N–H and O–H groups in total. The molecule has 0 heterocycles. The molecule has 52 heavy (non-hydrogen) atoms. The number of hydrogen-bond acceptors (Lipinski definition) is 1. The van der Waals surface area contributed by atoms with E-state index in [0.29, 0.717) is 0 Å². The van der Waals surface area contributed by atoms with Crippen molar-refractivity contribution in [2.45, 2.75) is 12.3 Å². The lowest BCUT2D eigenvalue weighted by Gasteiger charge is -2.34. The van der Waals surface area contributed by atoms with Gasteiger partial charge in [-0.25, -0.2) is 0 Å². The molecule has 3 aliphatic carbocycles. The van der Waals surface area contributed by atoms with Gasteiger partial charge in [-0.3, -0.25) is 0 Å². The summed E-state index contributed by atoms with van der Waals surface area (Å²) in [6.45, 7) is 2.42. The molecule has 0 amide bonds. The van der Waals surface area contributed by atoms with Crippen LogP contribution >= 0.6 is 0 Å². The smallest absolute Gasteiger partial charge is 0.0722 e. The summed E-state index contributed by atoms with van der Waals surface area (Å²) in [4.78, 5) is 2.54. The number of allylic oxidation sites excluding steroid dienone is 5. The van der Waals surface area contributed by atoms with Gasteiger partial charge in [0.15, 0.2) is 0 Å². The van der Waals surface area contributed by atoms with E-state index in [1.807, 2.05) is 0 Å². The second-order valence-electron chi connectivity index (χ2n) is 14.3. The minimum atomic E-state index is -0.376. The second-order valence-corrected chi connectivity index (χ2v) is 14.3. The third-order valence-corrected chi connectivity index (χ3v) is 11.9. The van der Waals surface area contributed by atoms with Gasteiger partial charge in [-0.1, -0.05) is 171 Å². The first-order valence-corrected chi connectivity index (χ1v) is 18.4. The molecule has 0 saturated carbocycles. The van der Waals surface area contributed by atoms with Gasteiger partial charge in [-0.05, 0) is 95.7 Å². The first kappa shape index (κ1) is 29.3. The standard InChI is InChI=1S/C51H35N/c1-33-47(31-16-30-46-49(33)42-25-11-14-29-45(42)51(46)43-27-12-9-22-38(43)39-23-10-13-28-44(39)51)52(34-17-3-2-4-18-34)48-32-15-26-41-37-20-6-5-19-35(37)36-21-7-8-24-40(36)50(41)48/h2-33H,1H3. The molecule has 1 atom stereocenters. The molecule has 1 unspecified atom stereocenters. The fourth-order valence-electron chi connectivity index (χ4n) is 9.96. The van der Waals surface area contributed by atoms with Crippen molar-refractivity contribution in [3.63, 3.8) is 0 Å². The van der Waals surface area contributed by atoms with E-state index in [2.05, 4.69) is 200 Å². The fourth-order valence-corrected chi connectivity index (χ4v) is 9.96. The molecule has 244 valence electrons. The zero-order chi connectivity index (χ0) is 34.4. The molecule has 11 rings (SSSR count). The highest BCUT2D eigenvalue weighted by Crippen LogP contribution is 2.64. The highest BCUT2D eigenvalue weighted by molar-refractivity contribution is 6.28. The predicted octanol–water partition coefficient (Wildman–Crippen LogP) is 13.2. The number of benzene rings is 8. The molecule has 0 aliphatic heterocycles. The van der Waals surface area contributed by atoms with Gasteiger partial charge in [0.25, 0.3) is 0 Å². The minimum absolute atomic E-state index is 0.0765. The zero-order valence-corrected chi connectivity index (χ0v) is 28.9. The summed E-state index contributed by atoms with van der Waals surface area (Å²) in [7, 11) is 0. The van der Waals surface area contributed by atoms with Crippen LogP contribution < -0.4 is 4.90 Å². The molecule has 1 heteroatoms. The zero-order valence-electron chi connectivity index (χ0n) is 28.9. The summed E-state index contributed by atoms with van der Waals surface area (Å²) < 4.78 is 0. The highest BCUT2D eigenvalue weighted by Gasteiger charge is 2.53. The van der Waals surface area contributed by atoms with Crippen molar-refractivity contribution in [1.82, 2.24) is 0 Å². The Labute approximate surface area is 304 Å². The summed E-state index contributed by atoms with van der Waals surface area (Å²) in [5.41, 5.74) is 14.2. The summed E-state index contributed by atoms with van der Waals surface area (Å²) in [5, 5.41) is 7.67. The van der Waals surface area contributed by atoms with E-state index < -0.39 is 0 Å². The average Bonchev–Trinajstić information content (AvgIpc) is 3.60. The highest BCUT2D eigenvalue weighted by atomic mass is 15.2. The summed E-state index contributed by atoms with van der Waals surface area (Å²) in [6, 6.07) is 62.9. The van der Waals surface area contributed by atoms with Crippen LogP contribution in [0.5, 0.6) is 0 Å². The predicted molar refractivity (Wildman–Crippen MR) is 219 cm³/mol. The topological polar surface area (TPSA) is 3.24 Å². The van der Waals surface area contributed by atoms with Gasteiger partial charge in [0, 0.05) is 22.7 Å². The van der Waals surface area contributed by atoms with Gasteiger partial charge >= 0.3 is 0 Å². The Morgan fingerprint density at radius 2 is 0.942 bits per heavy atom. The van der Waals surface area contributed by atoms with E-state index in [4.69, 9.17) is 0 Å². The molecule has 0 aromatic heterocycles. The first-order chi connectivity index (χ1) is 25.8. The SMILES string of the molecule is CC1C(N(c2ccccc2)c2cccc3c4ccccc4c4ccccc4c23)=CC=CC2=C1c1ccccc1C21c2ccccc2-c2ccccc21. The molecule has 8 aromatic carbocycles. The Bertz CT molecular complexity index is 2780. The van der Waals surface area contributed by atoms with Crippen LogP contribution in [0.2, 0.25) is 0 Å². The van der Waals surface area contributed by atoms with E-state index in [1.165, 1.54) is 88.2 Å². The van der Waals surface area contributed by atoms with Crippen LogP contribution in [-0.4, -0.2) is 0 Å². The molecule has 3 aliphatic rings. The van der Waals surface area contributed by atoms with Gasteiger partial charge in [0.05, 0.1) is 11.1 Å². The maximum absolute atomic E-state index is 2.54. The number of anilines is 2. The van der Waals surface area contributed by atoms with Crippen LogP contribution in [0.1, 0.15) is 29.2 Å². The van der Waals surface area contributed by atoms with Crippen LogP contribution in [0.25, 0.3) is 49.0 Å². The molecular formula is C51H35N. The van der Waals surface area contributed by atoms with E-state index in [-0.39, 0.29) is 11.3 Å². The maximum Gasteiger partial charge on any atom is 0.0722 e. The average molecular weight is 662 g/mol. The van der Waals surface area contributed by atoms with Crippen LogP contribution in [0.3, 0.4) is 0 Å². The maximum atomic E-state index is 2.54. The summed E-state index contributed by atoms with van der Waals surface area (Å²) >= 11 is 0. The lowest BCUT2D eigenvalue weighted by Crippen LogP contribution is -2.26. The fraction of sp³-hybridized carbons (Fsp3) is 0.0588. The molecule has 1 spiro atoms. The van der Waals surface area contributed by atoms with Gasteiger partial charge in [0.1, 0.15) is 0 Å². The third kappa shape index (κ3) is 3.78. The summed E-state index contributed by atoms with van der Waals surface area (Å²) in [5.74, 6) is 0.0765. The molecule has 8 aromatic rings. The third-order valence-electron chi connectivity index (χ3n) is 11.9. The molecule has 0 saturated heterocycles. The van der Waals surface area contributed by atoms with Crippen molar-refractivity contribution in [3.8, 4) is 11.1 Å². The minimum Gasteiger partial charge on any atom is -0.313 e. The van der Waals surface area contributed by atoms with Gasteiger partial charge in [0.2, 0.25) is 0 Å². The number of rotatable bonds is 3. The number of fused-ring (bicyclic) bond motifs is 15. The Kier molecular flexibility index (Phi) is 6.22. The van der Waals surface area contributed by atoms with Crippen molar-refractivity contribution in [2.75, 3.05) is 4.90 Å². The summed E-state index contributed by atoms with van der Waals surface area (Å²) in [6.07, 6.45) is 7.12. The number of hydrogen-bond donors (Lipinski definition) is 0. The molecular weight excluding hydrogens is 627 g/mol. The van der Waals surface area contributed by atoms with Gasteiger partial charge in [-0.2, -0.15) is 0 Å². The molecule has 1 nitrogen and oxygen atoms in total. The first-order valence-electron chi connectivity index (χ1n) is 18.4. The monoisotopic (exact) mass is 661 g/mol. The van der Waals surface area contributed by atoms with Crippen LogP contribution in [-0.2, 0) is 5.41 Å². The van der Waals surface area contributed by atoms with E-state index >= 15 is 0 Å². The van der Waals surface area contributed by atoms with E-state index in [0.717, 1.165) is 5.69 Å².